The van der Waals surface area contributed by atoms with Gasteiger partial charge in [-0.15, -0.1) is 35.3 Å². The monoisotopic (exact) mass is 577 g/mol. The SMILES string of the molecule is CN=C(NCCN(C)S(=O)(=O)c1cccs1)NC1CC(C)N(Cc2ccccc2)C1.I. The lowest BCUT2D eigenvalue weighted by Crippen LogP contribution is -2.46. The zero-order chi connectivity index (χ0) is 21.6. The highest BCUT2D eigenvalue weighted by Gasteiger charge is 2.29. The molecule has 2 N–H and O–H groups in total. The third-order valence-corrected chi connectivity index (χ3v) is 8.61. The Hall–Kier alpha value is -1.21. The predicted octanol–water partition coefficient (Wildman–Crippen LogP) is 2.81. The summed E-state index contributed by atoms with van der Waals surface area (Å²) in [7, 11) is -0.0803. The van der Waals surface area contributed by atoms with Crippen molar-refractivity contribution in [2.45, 2.75) is 36.2 Å². The largest absolute Gasteiger partial charge is 0.355 e. The van der Waals surface area contributed by atoms with Gasteiger partial charge in [-0.05, 0) is 30.4 Å². The quantitative estimate of drug-likeness (QED) is 0.287. The maximum atomic E-state index is 12.5. The van der Waals surface area contributed by atoms with Crippen LogP contribution in [-0.4, -0.2) is 69.4 Å². The predicted molar refractivity (Wildman–Crippen MR) is 139 cm³/mol. The highest BCUT2D eigenvalue weighted by molar-refractivity contribution is 14.0. The molecule has 1 aromatic heterocycles. The molecule has 1 aliphatic rings. The molecule has 0 aliphatic carbocycles. The van der Waals surface area contributed by atoms with Crippen LogP contribution in [0.5, 0.6) is 0 Å². The fraction of sp³-hybridized carbons (Fsp3) is 0.476. The number of nitrogens with one attached hydrogen (secondary N) is 2. The number of thiophene rings is 1. The van der Waals surface area contributed by atoms with Crippen LogP contribution in [-0.2, 0) is 16.6 Å². The number of hydrogen-bond acceptors (Lipinski definition) is 5. The van der Waals surface area contributed by atoms with Crippen molar-refractivity contribution in [1.82, 2.24) is 19.8 Å². The molecule has 0 bridgehead atoms. The Labute approximate surface area is 207 Å². The lowest BCUT2D eigenvalue weighted by atomic mass is 10.2. The van der Waals surface area contributed by atoms with E-state index >= 15 is 0 Å². The van der Waals surface area contributed by atoms with Crippen LogP contribution in [0.2, 0.25) is 0 Å². The Morgan fingerprint density at radius 3 is 2.65 bits per heavy atom. The van der Waals surface area contributed by atoms with Crippen LogP contribution < -0.4 is 10.6 Å². The molecule has 2 atom stereocenters. The van der Waals surface area contributed by atoms with Gasteiger partial charge in [-0.3, -0.25) is 9.89 Å². The first-order chi connectivity index (χ1) is 14.4. The van der Waals surface area contributed by atoms with Gasteiger partial charge < -0.3 is 10.6 Å². The van der Waals surface area contributed by atoms with Crippen LogP contribution >= 0.6 is 35.3 Å². The summed E-state index contributed by atoms with van der Waals surface area (Å²) in [5.74, 6) is 0.704. The molecule has 1 fully saturated rings. The van der Waals surface area contributed by atoms with Gasteiger partial charge in [0, 0.05) is 52.4 Å². The fourth-order valence-corrected chi connectivity index (χ4v) is 6.02. The van der Waals surface area contributed by atoms with E-state index in [-0.39, 0.29) is 24.0 Å². The minimum atomic E-state index is -3.42. The zero-order valence-corrected chi connectivity index (χ0v) is 22.2. The van der Waals surface area contributed by atoms with Gasteiger partial charge in [-0.25, -0.2) is 8.42 Å². The van der Waals surface area contributed by atoms with Crippen LogP contribution in [0, 0.1) is 0 Å². The van der Waals surface area contributed by atoms with Crippen LogP contribution in [0.3, 0.4) is 0 Å². The van der Waals surface area contributed by atoms with Crippen molar-refractivity contribution in [3.63, 3.8) is 0 Å². The van der Waals surface area contributed by atoms with Crippen molar-refractivity contribution in [3.8, 4) is 0 Å². The molecule has 0 amide bonds. The Balaban J connectivity index is 0.00000341. The van der Waals surface area contributed by atoms with E-state index in [4.69, 9.17) is 0 Å². The normalized spacial score (nSPS) is 19.9. The molecule has 31 heavy (non-hydrogen) atoms. The Morgan fingerprint density at radius 2 is 2.00 bits per heavy atom. The number of nitrogens with zero attached hydrogens (tertiary/aromatic N) is 3. The summed E-state index contributed by atoms with van der Waals surface area (Å²) in [4.78, 5) is 6.78. The molecule has 0 radical (unpaired) electrons. The molecule has 1 aromatic carbocycles. The molecule has 3 rings (SSSR count). The summed E-state index contributed by atoms with van der Waals surface area (Å²) in [6.45, 7) is 4.99. The Morgan fingerprint density at radius 1 is 1.26 bits per heavy atom. The fourth-order valence-electron chi connectivity index (χ4n) is 3.65. The summed E-state index contributed by atoms with van der Waals surface area (Å²) in [6, 6.07) is 14.7. The third-order valence-electron chi connectivity index (χ3n) is 5.38. The molecule has 1 saturated heterocycles. The van der Waals surface area contributed by atoms with Crippen molar-refractivity contribution >= 4 is 51.3 Å². The summed E-state index contributed by atoms with van der Waals surface area (Å²) in [5.41, 5.74) is 1.32. The Kier molecular flexibility index (Phi) is 10.2. The van der Waals surface area contributed by atoms with E-state index in [1.165, 1.54) is 21.2 Å². The second kappa shape index (κ2) is 12.1. The van der Waals surface area contributed by atoms with Crippen LogP contribution in [0.25, 0.3) is 0 Å². The smallest absolute Gasteiger partial charge is 0.252 e. The average Bonchev–Trinajstić information content (AvgIpc) is 3.39. The summed E-state index contributed by atoms with van der Waals surface area (Å²) in [6.07, 6.45) is 1.04. The first kappa shape index (κ1) is 26.0. The number of guanidine groups is 1. The molecular formula is C21H32IN5O2S2. The first-order valence-corrected chi connectivity index (χ1v) is 12.5. The van der Waals surface area contributed by atoms with Crippen LogP contribution in [0.15, 0.2) is 57.0 Å². The number of sulfonamides is 1. The van der Waals surface area contributed by atoms with Gasteiger partial charge >= 0.3 is 0 Å². The maximum Gasteiger partial charge on any atom is 0.252 e. The second-order valence-electron chi connectivity index (χ2n) is 7.60. The molecule has 2 heterocycles. The molecule has 1 aliphatic heterocycles. The number of likely N-dealkylation sites (tertiary alicyclic amines) is 1. The van der Waals surface area contributed by atoms with Crippen molar-refractivity contribution < 1.29 is 8.42 Å². The highest BCUT2D eigenvalue weighted by atomic mass is 127. The molecule has 0 saturated carbocycles. The molecule has 172 valence electrons. The number of hydrogen-bond donors (Lipinski definition) is 2. The van der Waals surface area contributed by atoms with E-state index in [9.17, 15) is 8.42 Å². The van der Waals surface area contributed by atoms with E-state index in [0.717, 1.165) is 19.5 Å². The molecular weight excluding hydrogens is 545 g/mol. The highest BCUT2D eigenvalue weighted by Crippen LogP contribution is 2.21. The van der Waals surface area contributed by atoms with Gasteiger partial charge in [-0.2, -0.15) is 4.31 Å². The van der Waals surface area contributed by atoms with Crippen LogP contribution in [0.4, 0.5) is 0 Å². The van der Waals surface area contributed by atoms with E-state index in [0.29, 0.717) is 35.3 Å². The number of benzene rings is 1. The van der Waals surface area contributed by atoms with Crippen molar-refractivity contribution in [2.75, 3.05) is 33.7 Å². The van der Waals surface area contributed by atoms with Crippen molar-refractivity contribution in [2.24, 2.45) is 4.99 Å². The van der Waals surface area contributed by atoms with Gasteiger partial charge in [0.15, 0.2) is 5.96 Å². The lowest BCUT2D eigenvalue weighted by Gasteiger charge is -2.21. The maximum absolute atomic E-state index is 12.5. The van der Waals surface area contributed by atoms with E-state index in [1.807, 2.05) is 6.07 Å². The van der Waals surface area contributed by atoms with E-state index in [1.54, 1.807) is 31.6 Å². The number of aliphatic imine (C=N–C) groups is 1. The van der Waals surface area contributed by atoms with E-state index < -0.39 is 10.0 Å². The zero-order valence-electron chi connectivity index (χ0n) is 18.2. The first-order valence-electron chi connectivity index (χ1n) is 10.1. The molecule has 0 spiro atoms. The summed E-state index contributed by atoms with van der Waals surface area (Å²) < 4.78 is 26.7. The van der Waals surface area contributed by atoms with Gasteiger partial charge in [-0.1, -0.05) is 36.4 Å². The molecule has 10 heteroatoms. The Bertz CT molecular complexity index is 923. The summed E-state index contributed by atoms with van der Waals surface area (Å²) in [5, 5.41) is 8.50. The topological polar surface area (TPSA) is 77.0 Å². The number of halogens is 1. The third kappa shape index (κ3) is 7.14. The molecule has 2 aromatic rings. The second-order valence-corrected chi connectivity index (χ2v) is 10.8. The van der Waals surface area contributed by atoms with Gasteiger partial charge in [0.1, 0.15) is 4.21 Å². The number of likely N-dealkylation sites (N-methyl/N-ethyl adjacent to an activating group) is 1. The van der Waals surface area contributed by atoms with Crippen molar-refractivity contribution in [3.05, 3.63) is 53.4 Å². The molecule has 2 unspecified atom stereocenters. The average molecular weight is 578 g/mol. The lowest BCUT2D eigenvalue weighted by molar-refractivity contribution is 0.258. The minimum Gasteiger partial charge on any atom is -0.355 e. The van der Waals surface area contributed by atoms with Gasteiger partial charge in [0.25, 0.3) is 10.0 Å². The van der Waals surface area contributed by atoms with Gasteiger partial charge in [0.2, 0.25) is 0 Å². The van der Waals surface area contributed by atoms with Crippen LogP contribution in [0.1, 0.15) is 18.9 Å². The standard InChI is InChI=1S/C21H31N5O2S2.HI/c1-17-14-19(16-26(17)15-18-8-5-4-6-9-18)24-21(22-2)23-11-12-25(3)30(27,28)20-10-7-13-29-20;/h4-10,13,17,19H,11-12,14-16H2,1-3H3,(H2,22,23,24);1H. The van der Waals surface area contributed by atoms with E-state index in [2.05, 4.69) is 51.7 Å². The summed E-state index contributed by atoms with van der Waals surface area (Å²) >= 11 is 1.23. The number of rotatable bonds is 8. The van der Waals surface area contributed by atoms with Crippen molar-refractivity contribution in [1.29, 1.82) is 0 Å². The minimum absolute atomic E-state index is 0. The van der Waals surface area contributed by atoms with Gasteiger partial charge in [0.05, 0.1) is 0 Å². The molecule has 7 nitrogen and oxygen atoms in total.